The first kappa shape index (κ1) is 54.0. The molecule has 358 valence electrons. The van der Waals surface area contributed by atoms with E-state index in [4.69, 9.17) is 42.4 Å². The number of esters is 1. The summed E-state index contributed by atoms with van der Waals surface area (Å²) in [5.41, 5.74) is -4.38. The zero-order valence-electron chi connectivity index (χ0n) is 40.8. The Labute approximate surface area is 367 Å². The third kappa shape index (κ3) is 13.2. The third-order valence-electron chi connectivity index (χ3n) is 13.2. The number of hydrogen-bond acceptors (Lipinski definition) is 16. The quantitative estimate of drug-likeness (QED) is 0.0900. The van der Waals surface area contributed by atoms with Gasteiger partial charge in [-0.25, -0.2) is 0 Å². The number of aliphatic hydroxyl groups excluding tert-OH is 2. The zero-order chi connectivity index (χ0) is 46.8. The molecule has 10 unspecified atom stereocenters. The van der Waals surface area contributed by atoms with Gasteiger partial charge in [0, 0.05) is 58.3 Å². The molecular weight excluding hydrogens is 809 g/mol. The number of aliphatic hydroxyl groups is 4. The summed E-state index contributed by atoms with van der Waals surface area (Å²) in [6.07, 6.45) is -8.16. The highest BCUT2D eigenvalue weighted by molar-refractivity contribution is 6.69. The van der Waals surface area contributed by atoms with E-state index in [1.165, 1.54) is 21.1 Å². The first-order chi connectivity index (χ1) is 27.9. The number of carbonyl (C=O) groups excluding carboxylic acids is 1. The average Bonchev–Trinajstić information content (AvgIpc) is 3.15. The average molecular weight is 893 g/mol. The summed E-state index contributed by atoms with van der Waals surface area (Å²) < 4.78 is 51.1. The molecule has 16 nitrogen and oxygen atoms in total. The molecule has 0 aromatic heterocycles. The van der Waals surface area contributed by atoms with Crippen molar-refractivity contribution < 1.29 is 67.6 Å². The van der Waals surface area contributed by atoms with Gasteiger partial charge in [-0.15, -0.1) is 0 Å². The van der Waals surface area contributed by atoms with E-state index in [1.807, 2.05) is 34.9 Å². The summed E-state index contributed by atoms with van der Waals surface area (Å²) in [4.78, 5) is 22.5. The van der Waals surface area contributed by atoms with Crippen LogP contribution in [0.25, 0.3) is 0 Å². The standard InChI is InChI=1S/C44H84N2O14Si/c1-20-31-44(12,51)36(47)26(4)33(45-60-41(8,9)52-15)24(2)22-42(10,50)38(58-40-35(59-61(17,18)19)30(46(13)14)21-25(3)54-40)27(5)34(28(6)39(49)56-31)57-32-23-43(11,53-16)37(48)29(7)55-32/h24-32,34-38,40,47-48,50-51H,20-23H2,1-19H3/b45-33+/t24-,25?,26+,27+,28-,29?,30?,31-,32?,34?,35?,36-,37?,38?,40?,42-,43?,44-/m1/s1. The van der Waals surface area contributed by atoms with Crippen LogP contribution in [0, 0.1) is 23.7 Å². The second-order valence-electron chi connectivity index (χ2n) is 20.5. The predicted octanol–water partition coefficient (Wildman–Crippen LogP) is 4.83. The SMILES string of the molecule is CC[C@H]1OC(=O)[C@H](C)C(OC2CC(C)(OC)C(O)C(C)O2)[C@H](C)C(OC2OC(C)CC(N(C)C)C2O[Si](C)(C)C)[C@](C)(O)C[C@@H](C)/C(=N\OC(C)(C)OC)[C@H](C)[C@@H](O)[C@]1(C)O. The minimum atomic E-state index is -2.21. The molecule has 0 aromatic carbocycles. The van der Waals surface area contributed by atoms with Crippen LogP contribution < -0.4 is 0 Å². The van der Waals surface area contributed by atoms with Gasteiger partial charge in [0.15, 0.2) is 20.9 Å². The van der Waals surface area contributed by atoms with Crippen molar-refractivity contribution in [2.75, 3.05) is 28.3 Å². The van der Waals surface area contributed by atoms with E-state index in [0.717, 1.165) is 0 Å². The topological polar surface area (TPSA) is 197 Å². The number of nitrogens with zero attached hydrogens (tertiary/aromatic N) is 2. The lowest BCUT2D eigenvalue weighted by Gasteiger charge is -2.50. The number of ether oxygens (including phenoxy) is 7. The first-order valence-electron chi connectivity index (χ1n) is 22.2. The van der Waals surface area contributed by atoms with Crippen LogP contribution in [0.5, 0.6) is 0 Å². The number of carbonyl (C=O) groups is 1. The Morgan fingerprint density at radius 3 is 2.03 bits per heavy atom. The molecule has 3 fully saturated rings. The molecule has 3 aliphatic heterocycles. The molecule has 3 heterocycles. The van der Waals surface area contributed by atoms with Crippen LogP contribution in [0.15, 0.2) is 5.16 Å². The smallest absolute Gasteiger partial charge is 0.311 e. The maximum atomic E-state index is 14.5. The van der Waals surface area contributed by atoms with Crippen LogP contribution in [0.2, 0.25) is 19.6 Å². The van der Waals surface area contributed by atoms with Crippen molar-refractivity contribution in [2.45, 2.75) is 218 Å². The molecule has 3 rings (SSSR count). The molecule has 18 atom stereocenters. The molecule has 61 heavy (non-hydrogen) atoms. The molecule has 3 aliphatic rings. The van der Waals surface area contributed by atoms with Crippen molar-refractivity contribution in [3.05, 3.63) is 0 Å². The van der Waals surface area contributed by atoms with Gasteiger partial charge in [0.25, 0.3) is 0 Å². The number of hydrogen-bond donors (Lipinski definition) is 4. The molecule has 0 aliphatic carbocycles. The Hall–Kier alpha value is -1.32. The number of oxime groups is 1. The highest BCUT2D eigenvalue weighted by Gasteiger charge is 2.54. The Morgan fingerprint density at radius 1 is 0.902 bits per heavy atom. The minimum Gasteiger partial charge on any atom is -0.459 e. The van der Waals surface area contributed by atoms with Gasteiger partial charge in [0.1, 0.15) is 23.9 Å². The molecular formula is C44H84N2O14Si. The third-order valence-corrected chi connectivity index (χ3v) is 14.2. The van der Waals surface area contributed by atoms with E-state index in [1.54, 1.807) is 55.4 Å². The maximum Gasteiger partial charge on any atom is 0.311 e. The predicted molar refractivity (Wildman–Crippen MR) is 233 cm³/mol. The summed E-state index contributed by atoms with van der Waals surface area (Å²) in [6, 6.07) is -0.0875. The highest BCUT2D eigenvalue weighted by atomic mass is 28.4. The van der Waals surface area contributed by atoms with Crippen molar-refractivity contribution in [3.8, 4) is 0 Å². The molecule has 17 heteroatoms. The van der Waals surface area contributed by atoms with Gasteiger partial charge in [-0.1, -0.05) is 32.9 Å². The van der Waals surface area contributed by atoms with E-state index in [-0.39, 0.29) is 31.4 Å². The highest BCUT2D eigenvalue weighted by Crippen LogP contribution is 2.41. The maximum absolute atomic E-state index is 14.5. The fourth-order valence-electron chi connectivity index (χ4n) is 9.31. The summed E-state index contributed by atoms with van der Waals surface area (Å²) in [5.74, 6) is -5.13. The van der Waals surface area contributed by atoms with Crippen molar-refractivity contribution >= 4 is 20.0 Å². The van der Waals surface area contributed by atoms with Crippen LogP contribution in [0.4, 0.5) is 0 Å². The van der Waals surface area contributed by atoms with Gasteiger partial charge in [-0.3, -0.25) is 4.79 Å². The molecule has 4 N–H and O–H groups in total. The molecule has 0 spiro atoms. The van der Waals surface area contributed by atoms with Gasteiger partial charge in [-0.2, -0.15) is 0 Å². The van der Waals surface area contributed by atoms with Crippen LogP contribution in [0.3, 0.4) is 0 Å². The Kier molecular flexibility index (Phi) is 18.5. The molecule has 0 bridgehead atoms. The van der Waals surface area contributed by atoms with Crippen molar-refractivity contribution in [3.63, 3.8) is 0 Å². The second-order valence-corrected chi connectivity index (χ2v) is 24.9. The summed E-state index contributed by atoms with van der Waals surface area (Å²) in [6.45, 7) is 27.1. The normalized spacial score (nSPS) is 44.8. The van der Waals surface area contributed by atoms with E-state index < -0.39 is 116 Å². The Morgan fingerprint density at radius 2 is 1.51 bits per heavy atom. The van der Waals surface area contributed by atoms with Gasteiger partial charge >= 0.3 is 5.97 Å². The van der Waals surface area contributed by atoms with E-state index in [2.05, 4.69) is 29.7 Å². The molecule has 0 amide bonds. The molecule has 3 saturated heterocycles. The van der Waals surface area contributed by atoms with Crippen molar-refractivity contribution in [2.24, 2.45) is 28.8 Å². The monoisotopic (exact) mass is 893 g/mol. The minimum absolute atomic E-state index is 0.0173. The lowest BCUT2D eigenvalue weighted by Crippen LogP contribution is -2.62. The number of methoxy groups -OCH3 is 2. The fourth-order valence-corrected chi connectivity index (χ4v) is 10.4. The molecule has 0 saturated carbocycles. The van der Waals surface area contributed by atoms with Crippen LogP contribution >= 0.6 is 0 Å². The van der Waals surface area contributed by atoms with Gasteiger partial charge < -0.3 is 67.7 Å². The lowest BCUT2D eigenvalue weighted by atomic mass is 9.73. The summed E-state index contributed by atoms with van der Waals surface area (Å²) in [5, 5.41) is 52.7. The largest absolute Gasteiger partial charge is 0.459 e. The number of likely N-dealkylation sites (N-methyl/N-ethyl adjacent to an activating group) is 1. The van der Waals surface area contributed by atoms with Gasteiger partial charge in [-0.05, 0) is 94.5 Å². The summed E-state index contributed by atoms with van der Waals surface area (Å²) in [7, 11) is 4.78. The van der Waals surface area contributed by atoms with E-state index in [0.29, 0.717) is 12.1 Å². The number of cyclic esters (lactones) is 1. The Bertz CT molecular complexity index is 1440. The van der Waals surface area contributed by atoms with Crippen LogP contribution in [-0.4, -0.2) is 164 Å². The Balaban J connectivity index is 2.34. The van der Waals surface area contributed by atoms with E-state index in [9.17, 15) is 25.2 Å². The van der Waals surface area contributed by atoms with Crippen LogP contribution in [-0.2, 0) is 47.2 Å². The second kappa shape index (κ2) is 20.9. The van der Waals surface area contributed by atoms with Crippen molar-refractivity contribution in [1.82, 2.24) is 4.90 Å². The fraction of sp³-hybridized carbons (Fsp3) is 0.955. The van der Waals surface area contributed by atoms with Crippen molar-refractivity contribution in [1.29, 1.82) is 0 Å². The first-order valence-corrected chi connectivity index (χ1v) is 25.6. The molecule has 0 aromatic rings. The number of rotatable bonds is 12. The van der Waals surface area contributed by atoms with Gasteiger partial charge in [0.05, 0.1) is 53.4 Å². The molecule has 0 radical (unpaired) electrons. The van der Waals surface area contributed by atoms with Crippen LogP contribution in [0.1, 0.15) is 109 Å². The van der Waals surface area contributed by atoms with Gasteiger partial charge in [0.2, 0.25) is 5.79 Å². The summed E-state index contributed by atoms with van der Waals surface area (Å²) >= 11 is 0. The zero-order valence-corrected chi connectivity index (χ0v) is 41.8. The van der Waals surface area contributed by atoms with E-state index >= 15 is 0 Å². The lowest BCUT2D eigenvalue weighted by molar-refractivity contribution is -0.316.